The molecular formula is C15H14N3O3SY6-3. The van der Waals surface area contributed by atoms with E-state index in [1.807, 2.05) is 6.92 Å². The Balaban J connectivity index is -0.000000480. The SMILES string of the molecule is CC1=[C-]C2=C(C1)C(C)=C(C(=O)NC1=[C-]N=[C-]C1)N(C)S2(=O)=O.[Y].[Y].[Y].[Y].[Y].[Y]. The number of nitrogens with zero attached hydrogens (tertiary/aromatic N) is 2. The van der Waals surface area contributed by atoms with Crippen molar-refractivity contribution in [2.75, 3.05) is 7.05 Å². The molecule has 3 rings (SSSR count). The average Bonchev–Trinajstić information content (AvgIpc) is 3.07. The number of likely N-dealkylation sites (N-methyl/N-ethyl adjacent to an activating group) is 1. The van der Waals surface area contributed by atoms with Crippen LogP contribution in [0.15, 0.2) is 38.0 Å². The summed E-state index contributed by atoms with van der Waals surface area (Å²) < 4.78 is 26.1. The monoisotopic (exact) mass is 850 g/mol. The zero-order valence-corrected chi connectivity index (χ0v) is 33.8. The van der Waals surface area contributed by atoms with E-state index in [9.17, 15) is 13.2 Å². The fourth-order valence-electron chi connectivity index (χ4n) is 2.66. The molecule has 0 spiro atoms. The van der Waals surface area contributed by atoms with Gasteiger partial charge in [0.05, 0.1) is 0 Å². The van der Waals surface area contributed by atoms with E-state index in [-0.39, 0.29) is 207 Å². The van der Waals surface area contributed by atoms with Crippen LogP contribution in [0, 0.1) is 12.3 Å². The van der Waals surface area contributed by atoms with Crippen molar-refractivity contribution in [2.45, 2.75) is 26.7 Å². The third-order valence-electron chi connectivity index (χ3n) is 3.79. The first kappa shape index (κ1) is 39.7. The molecule has 13 heteroatoms. The second-order valence-electron chi connectivity index (χ2n) is 5.33. The van der Waals surface area contributed by atoms with Gasteiger partial charge in [0, 0.05) is 203 Å². The second-order valence-corrected chi connectivity index (χ2v) is 7.23. The van der Waals surface area contributed by atoms with Crippen LogP contribution >= 0.6 is 0 Å². The molecule has 0 saturated carbocycles. The standard InChI is InChI=1S/C15H14N3O3S.6Y/c1-9-6-12-10(2)14(15(19)17-11-4-5-16-8-11)18(3)22(20,21)13(12)7-9;;;;;;/h4,6H2,1-3H3,(H,17,19);;;;;;/q-3;;;;;;. The van der Waals surface area contributed by atoms with E-state index in [4.69, 9.17) is 0 Å². The molecule has 0 aromatic rings. The molecule has 0 bridgehead atoms. The maximum Gasteiger partial charge on any atom is 0.268 e. The molecule has 1 amide bonds. The molecule has 1 aliphatic carbocycles. The molecule has 2 heterocycles. The Kier molecular flexibility index (Phi) is 24.1. The van der Waals surface area contributed by atoms with Crippen LogP contribution in [0.4, 0.5) is 0 Å². The molecule has 0 saturated heterocycles. The number of nitrogens with one attached hydrogen (secondary N) is 1. The van der Waals surface area contributed by atoms with Gasteiger partial charge in [-0.25, -0.2) is 14.5 Å². The summed E-state index contributed by atoms with van der Waals surface area (Å²) >= 11 is 0. The number of hydrogen-bond acceptors (Lipinski definition) is 4. The first-order chi connectivity index (χ1) is 10.3. The van der Waals surface area contributed by atoms with Gasteiger partial charge in [0.1, 0.15) is 5.70 Å². The van der Waals surface area contributed by atoms with Gasteiger partial charge in [-0.3, -0.25) is 9.10 Å². The quantitative estimate of drug-likeness (QED) is 0.423. The van der Waals surface area contributed by atoms with E-state index in [0.717, 1.165) is 9.88 Å². The molecule has 0 aromatic heterocycles. The van der Waals surface area contributed by atoms with Crippen molar-refractivity contribution in [1.29, 1.82) is 0 Å². The van der Waals surface area contributed by atoms with Gasteiger partial charge in [-0.2, -0.15) is 23.3 Å². The molecule has 0 unspecified atom stereocenters. The van der Waals surface area contributed by atoms with Gasteiger partial charge in [0.25, 0.3) is 5.91 Å². The summed E-state index contributed by atoms with van der Waals surface area (Å²) in [4.78, 5) is 16.3. The first-order valence-electron chi connectivity index (χ1n) is 6.71. The van der Waals surface area contributed by atoms with Gasteiger partial charge in [-0.1, -0.05) is 30.7 Å². The van der Waals surface area contributed by atoms with E-state index in [0.29, 0.717) is 29.7 Å². The van der Waals surface area contributed by atoms with Crippen molar-refractivity contribution in [3.05, 3.63) is 45.3 Å². The molecule has 6 nitrogen and oxygen atoms in total. The molecule has 0 fully saturated rings. The summed E-state index contributed by atoms with van der Waals surface area (Å²) in [6.07, 6.45) is 9.02. The minimum atomic E-state index is -3.74. The molecule has 28 heavy (non-hydrogen) atoms. The van der Waals surface area contributed by atoms with Gasteiger partial charge in [-0.15, -0.1) is 0 Å². The van der Waals surface area contributed by atoms with Crippen LogP contribution in [0.25, 0.3) is 0 Å². The number of sulfonamides is 1. The van der Waals surface area contributed by atoms with Crippen LogP contribution in [0.2, 0.25) is 0 Å². The van der Waals surface area contributed by atoms with Crippen LogP contribution < -0.4 is 5.32 Å². The van der Waals surface area contributed by atoms with Gasteiger partial charge in [0.2, 0.25) is 10.0 Å². The minimum absolute atomic E-state index is 0. The Labute approximate surface area is 318 Å². The Morgan fingerprint density at radius 3 is 2.18 bits per heavy atom. The topological polar surface area (TPSA) is 78.8 Å². The van der Waals surface area contributed by atoms with Crippen molar-refractivity contribution in [3.63, 3.8) is 0 Å². The third-order valence-corrected chi connectivity index (χ3v) is 5.56. The summed E-state index contributed by atoms with van der Waals surface area (Å²) in [6, 6.07) is 0. The smallest absolute Gasteiger partial charge is 0.268 e. The van der Waals surface area contributed by atoms with E-state index in [2.05, 4.69) is 28.8 Å². The van der Waals surface area contributed by atoms with Gasteiger partial charge in [-0.05, 0) is 0 Å². The Bertz CT molecular complexity index is 847. The summed E-state index contributed by atoms with van der Waals surface area (Å²) in [5, 5.41) is 2.63. The zero-order valence-electron chi connectivity index (χ0n) is 15.9. The second kappa shape index (κ2) is 17.0. The Hall–Kier alpha value is 4.47. The van der Waals surface area contributed by atoms with Crippen LogP contribution in [-0.2, 0) is 211 Å². The van der Waals surface area contributed by atoms with Crippen LogP contribution in [0.3, 0.4) is 0 Å². The number of rotatable bonds is 2. The largest absolute Gasteiger partial charge is 0.678 e. The number of carbonyl (C=O) groups is 1. The molecule has 2 aliphatic heterocycles. The third kappa shape index (κ3) is 8.60. The van der Waals surface area contributed by atoms with Crippen molar-refractivity contribution in [3.8, 4) is 0 Å². The van der Waals surface area contributed by atoms with Crippen molar-refractivity contribution >= 4 is 22.1 Å². The predicted octanol–water partition coefficient (Wildman–Crippen LogP) is 1.04. The van der Waals surface area contributed by atoms with Crippen LogP contribution in [0.5, 0.6) is 0 Å². The fraction of sp³-hybridized carbons (Fsp3) is 0.333. The van der Waals surface area contributed by atoms with E-state index in [1.165, 1.54) is 7.05 Å². The summed E-state index contributed by atoms with van der Waals surface area (Å²) in [5.41, 5.74) is 2.74. The van der Waals surface area contributed by atoms with Crippen LogP contribution in [0.1, 0.15) is 26.7 Å². The number of carbonyl (C=O) groups excluding carboxylic acids is 1. The van der Waals surface area contributed by atoms with Gasteiger partial charge >= 0.3 is 0 Å². The fourth-order valence-corrected chi connectivity index (χ4v) is 4.24. The molecular weight excluding hydrogens is 836 g/mol. The van der Waals surface area contributed by atoms with Gasteiger partial charge < -0.3 is 22.7 Å². The molecule has 3 aliphatic rings. The normalized spacial score (nSPS) is 17.9. The van der Waals surface area contributed by atoms with E-state index < -0.39 is 15.9 Å². The average molecular weight is 850 g/mol. The van der Waals surface area contributed by atoms with Crippen LogP contribution in [-0.4, -0.2) is 31.9 Å². The van der Waals surface area contributed by atoms with Gasteiger partial charge in [0.15, 0.2) is 0 Å². The van der Waals surface area contributed by atoms with Crippen molar-refractivity contribution in [1.82, 2.24) is 9.62 Å². The van der Waals surface area contributed by atoms with E-state index >= 15 is 0 Å². The number of aliphatic imine (C=N–C) groups is 1. The Morgan fingerprint density at radius 1 is 1.11 bits per heavy atom. The van der Waals surface area contributed by atoms with Crippen molar-refractivity contribution < 1.29 is 209 Å². The number of hydrogen-bond donors (Lipinski definition) is 1. The summed E-state index contributed by atoms with van der Waals surface area (Å²) in [7, 11) is -2.36. The van der Waals surface area contributed by atoms with Crippen molar-refractivity contribution in [2.24, 2.45) is 4.99 Å². The molecule has 134 valence electrons. The maximum absolute atomic E-state index is 12.6. The predicted molar refractivity (Wildman–Crippen MR) is 80.4 cm³/mol. The zero-order chi connectivity index (χ0) is 16.1. The molecule has 6 radical (unpaired) electrons. The maximum atomic E-state index is 12.6. The number of amides is 1. The number of allylic oxidation sites excluding steroid dienone is 5. The summed E-state index contributed by atoms with van der Waals surface area (Å²) in [6.45, 7) is 3.58. The van der Waals surface area contributed by atoms with E-state index in [1.54, 1.807) is 6.92 Å². The Morgan fingerprint density at radius 2 is 1.68 bits per heavy atom. The molecule has 0 aromatic carbocycles. The first-order valence-corrected chi connectivity index (χ1v) is 8.15. The molecule has 0 atom stereocenters. The summed E-state index contributed by atoms with van der Waals surface area (Å²) in [5.74, 6) is -0.485. The minimum Gasteiger partial charge on any atom is -0.678 e. The molecule has 1 N–H and O–H groups in total.